The zero-order valence-electron chi connectivity index (χ0n) is 21.0. The third kappa shape index (κ3) is 4.80. The van der Waals surface area contributed by atoms with Gasteiger partial charge in [0.15, 0.2) is 0 Å². The van der Waals surface area contributed by atoms with Gasteiger partial charge < -0.3 is 24.7 Å². The molecule has 1 atom stereocenters. The van der Waals surface area contributed by atoms with Crippen molar-refractivity contribution in [3.63, 3.8) is 0 Å². The van der Waals surface area contributed by atoms with Crippen molar-refractivity contribution < 1.29 is 9.47 Å². The predicted molar refractivity (Wildman–Crippen MR) is 144 cm³/mol. The minimum absolute atomic E-state index is 0.0186. The lowest BCUT2D eigenvalue weighted by atomic mass is 9.96. The molecule has 37 heavy (non-hydrogen) atoms. The number of para-hydroxylation sites is 1. The number of aromatic nitrogens is 3. The zero-order chi connectivity index (χ0) is 25.4. The Morgan fingerprint density at radius 3 is 2.70 bits per heavy atom. The second-order valence-electron chi connectivity index (χ2n) is 9.56. The van der Waals surface area contributed by atoms with E-state index in [0.717, 1.165) is 76.2 Å². The summed E-state index contributed by atoms with van der Waals surface area (Å²) in [5.74, 6) is 1.61. The van der Waals surface area contributed by atoms with Crippen molar-refractivity contribution in [3.8, 4) is 22.8 Å². The molecule has 6 rings (SSSR count). The minimum Gasteiger partial charge on any atom is -0.456 e. The van der Waals surface area contributed by atoms with Crippen LogP contribution in [0.3, 0.4) is 0 Å². The lowest BCUT2D eigenvalue weighted by Crippen LogP contribution is -2.36. The first-order valence-corrected chi connectivity index (χ1v) is 12.6. The first-order chi connectivity index (χ1) is 18.0. The Morgan fingerprint density at radius 2 is 1.89 bits per heavy atom. The molecule has 2 aliphatic heterocycles. The van der Waals surface area contributed by atoms with Crippen LogP contribution in [-0.4, -0.2) is 41.3 Å². The van der Waals surface area contributed by atoms with Gasteiger partial charge in [-0.1, -0.05) is 12.1 Å². The zero-order valence-corrected chi connectivity index (χ0v) is 21.0. The van der Waals surface area contributed by atoms with E-state index in [1.54, 1.807) is 12.3 Å². The Bertz CT molecular complexity index is 1490. The summed E-state index contributed by atoms with van der Waals surface area (Å²) in [4.78, 5) is 26.6. The van der Waals surface area contributed by atoms with Gasteiger partial charge in [-0.15, -0.1) is 0 Å². The van der Waals surface area contributed by atoms with Gasteiger partial charge in [0.25, 0.3) is 0 Å². The number of ether oxygens (including phenoxy) is 2. The number of benzene rings is 2. The number of anilines is 2. The normalized spacial score (nSPS) is 15.4. The molecule has 2 aliphatic rings. The Morgan fingerprint density at radius 1 is 1.03 bits per heavy atom. The van der Waals surface area contributed by atoms with Gasteiger partial charge in [0, 0.05) is 54.3 Å². The highest BCUT2D eigenvalue weighted by atomic mass is 16.5. The molecule has 2 aromatic carbocycles. The lowest BCUT2D eigenvalue weighted by molar-refractivity contribution is 0.122. The van der Waals surface area contributed by atoms with Crippen molar-refractivity contribution in [2.45, 2.75) is 26.3 Å². The molecule has 188 valence electrons. The van der Waals surface area contributed by atoms with Gasteiger partial charge in [-0.2, -0.15) is 0 Å². The molecule has 1 fully saturated rings. The maximum Gasteiger partial charge on any atom is 0.250 e. The smallest absolute Gasteiger partial charge is 0.250 e. The maximum atomic E-state index is 12.6. The molecule has 0 spiro atoms. The highest BCUT2D eigenvalue weighted by molar-refractivity contribution is 5.74. The topological polar surface area (TPSA) is 92.4 Å². The molecular weight excluding hydrogens is 466 g/mol. The van der Waals surface area contributed by atoms with Crippen LogP contribution in [0.4, 0.5) is 11.4 Å². The average molecular weight is 496 g/mol. The van der Waals surface area contributed by atoms with Crippen LogP contribution in [-0.2, 0) is 11.2 Å². The van der Waals surface area contributed by atoms with Crippen LogP contribution in [0.15, 0.2) is 65.7 Å². The summed E-state index contributed by atoms with van der Waals surface area (Å²) < 4.78 is 11.9. The summed E-state index contributed by atoms with van der Waals surface area (Å²) in [6, 6.07) is 15.9. The van der Waals surface area contributed by atoms with Crippen LogP contribution >= 0.6 is 0 Å². The summed E-state index contributed by atoms with van der Waals surface area (Å²) in [5, 5.41) is 3.52. The molecule has 2 aromatic heterocycles. The number of hydrogen-bond donors (Lipinski definition) is 2. The van der Waals surface area contributed by atoms with E-state index in [0.29, 0.717) is 13.2 Å². The third-order valence-electron chi connectivity index (χ3n) is 6.87. The van der Waals surface area contributed by atoms with Gasteiger partial charge in [0.2, 0.25) is 5.56 Å². The summed E-state index contributed by atoms with van der Waals surface area (Å²) in [6.45, 7) is 6.87. The van der Waals surface area contributed by atoms with Gasteiger partial charge in [-0.05, 0) is 49.7 Å². The van der Waals surface area contributed by atoms with Crippen molar-refractivity contribution in [1.82, 2.24) is 15.0 Å². The molecule has 0 saturated carbocycles. The van der Waals surface area contributed by atoms with Crippen molar-refractivity contribution in [2.75, 3.05) is 36.5 Å². The Balaban J connectivity index is 1.27. The van der Waals surface area contributed by atoms with E-state index in [9.17, 15) is 4.79 Å². The van der Waals surface area contributed by atoms with Crippen LogP contribution in [0.1, 0.15) is 35.5 Å². The van der Waals surface area contributed by atoms with Crippen LogP contribution < -0.4 is 20.5 Å². The summed E-state index contributed by atoms with van der Waals surface area (Å²) >= 11 is 0. The molecular formula is C29H29N5O3. The van der Waals surface area contributed by atoms with E-state index in [-0.39, 0.29) is 11.6 Å². The van der Waals surface area contributed by atoms with E-state index in [4.69, 9.17) is 9.47 Å². The SMILES string of the molecule is Cc1cnc(C(C)Nc2ccc3c(c2)Cc2cccc(-c4cc(N5CCOCC5)cc(=O)[nH]4)c2O3)cn1. The maximum absolute atomic E-state index is 12.6. The van der Waals surface area contributed by atoms with Crippen LogP contribution in [0.25, 0.3) is 11.3 Å². The highest BCUT2D eigenvalue weighted by Gasteiger charge is 2.22. The largest absolute Gasteiger partial charge is 0.456 e. The van der Waals surface area contributed by atoms with Crippen molar-refractivity contribution >= 4 is 11.4 Å². The number of rotatable bonds is 5. The van der Waals surface area contributed by atoms with Gasteiger partial charge in [-0.3, -0.25) is 14.8 Å². The van der Waals surface area contributed by atoms with Gasteiger partial charge in [-0.25, -0.2) is 0 Å². The Labute approximate surface area is 215 Å². The molecule has 4 heterocycles. The first-order valence-electron chi connectivity index (χ1n) is 12.6. The number of fused-ring (bicyclic) bond motifs is 2. The Kier molecular flexibility index (Phi) is 6.10. The fraction of sp³-hybridized carbons (Fsp3) is 0.276. The lowest BCUT2D eigenvalue weighted by Gasteiger charge is -2.29. The number of morpholine rings is 1. The fourth-order valence-corrected chi connectivity index (χ4v) is 4.91. The second kappa shape index (κ2) is 9.71. The number of hydrogen-bond acceptors (Lipinski definition) is 7. The standard InChI is InChI=1S/C29H29N5O3/c1-18-16-31-26(17-30-18)19(2)32-22-6-7-27-21(13-22)12-20-4-3-5-24(29(20)37-27)25-14-23(15-28(35)33-25)34-8-10-36-11-9-34/h3-7,13-17,19,32H,8-12H2,1-2H3,(H,33,35). The summed E-state index contributed by atoms with van der Waals surface area (Å²) in [5.41, 5.74) is 7.38. The molecule has 0 amide bonds. The average Bonchev–Trinajstić information content (AvgIpc) is 2.92. The number of nitrogens with one attached hydrogen (secondary N) is 2. The molecule has 1 saturated heterocycles. The Hall–Kier alpha value is -4.17. The molecule has 4 aromatic rings. The van der Waals surface area contributed by atoms with Crippen molar-refractivity contribution in [2.24, 2.45) is 0 Å². The molecule has 2 N–H and O–H groups in total. The van der Waals surface area contributed by atoms with E-state index < -0.39 is 0 Å². The van der Waals surface area contributed by atoms with E-state index in [2.05, 4.69) is 44.2 Å². The number of aromatic amines is 1. The summed E-state index contributed by atoms with van der Waals surface area (Å²) in [6.07, 6.45) is 4.33. The van der Waals surface area contributed by atoms with Gasteiger partial charge >= 0.3 is 0 Å². The third-order valence-corrected chi connectivity index (χ3v) is 6.87. The van der Waals surface area contributed by atoms with Gasteiger partial charge in [0.05, 0.1) is 42.5 Å². The number of H-pyrrole nitrogens is 1. The summed E-state index contributed by atoms with van der Waals surface area (Å²) in [7, 11) is 0. The molecule has 0 aliphatic carbocycles. The fourth-order valence-electron chi connectivity index (χ4n) is 4.91. The number of nitrogens with zero attached hydrogens (tertiary/aromatic N) is 3. The van der Waals surface area contributed by atoms with Crippen molar-refractivity contribution in [1.29, 1.82) is 0 Å². The quantitative estimate of drug-likeness (QED) is 0.360. The van der Waals surface area contributed by atoms with Crippen LogP contribution in [0, 0.1) is 6.92 Å². The number of pyridine rings is 1. The van der Waals surface area contributed by atoms with Crippen LogP contribution in [0.2, 0.25) is 0 Å². The van der Waals surface area contributed by atoms with Crippen LogP contribution in [0.5, 0.6) is 11.5 Å². The molecule has 0 bridgehead atoms. The second-order valence-corrected chi connectivity index (χ2v) is 9.56. The molecule has 0 radical (unpaired) electrons. The first kappa shape index (κ1) is 23.2. The molecule has 8 heteroatoms. The van der Waals surface area contributed by atoms with Crippen molar-refractivity contribution in [3.05, 3.63) is 93.8 Å². The molecule has 1 unspecified atom stereocenters. The van der Waals surface area contributed by atoms with E-state index >= 15 is 0 Å². The molecule has 8 nitrogen and oxygen atoms in total. The van der Waals surface area contributed by atoms with E-state index in [1.807, 2.05) is 43.5 Å². The predicted octanol–water partition coefficient (Wildman–Crippen LogP) is 4.85. The number of aryl methyl sites for hydroxylation is 1. The monoisotopic (exact) mass is 495 g/mol. The highest BCUT2D eigenvalue weighted by Crippen LogP contribution is 2.43. The van der Waals surface area contributed by atoms with Gasteiger partial charge in [0.1, 0.15) is 11.5 Å². The van der Waals surface area contributed by atoms with E-state index in [1.165, 1.54) is 0 Å². The minimum atomic E-state index is -0.129.